The van der Waals surface area contributed by atoms with Gasteiger partial charge in [0.2, 0.25) is 0 Å². The third kappa shape index (κ3) is 3.65. The Morgan fingerprint density at radius 2 is 2.05 bits per heavy atom. The summed E-state index contributed by atoms with van der Waals surface area (Å²) in [7, 11) is 1.44. The van der Waals surface area contributed by atoms with Crippen molar-refractivity contribution in [3.05, 3.63) is 58.4 Å². The summed E-state index contributed by atoms with van der Waals surface area (Å²) in [6.45, 7) is 2.27. The maximum absolute atomic E-state index is 13.8. The molecule has 0 aliphatic rings. The lowest BCUT2D eigenvalue weighted by atomic mass is 10.1. The third-order valence-electron chi connectivity index (χ3n) is 3.33. The van der Waals surface area contributed by atoms with Crippen molar-refractivity contribution in [2.45, 2.75) is 13.0 Å². The lowest BCUT2D eigenvalue weighted by Crippen LogP contribution is -2.20. The Morgan fingerprint density at radius 3 is 2.62 bits per heavy atom. The Hall–Kier alpha value is -1.78. The molecule has 0 aromatic heterocycles. The summed E-state index contributed by atoms with van der Waals surface area (Å²) in [5.41, 5.74) is 8.40. The fraction of sp³-hybridized carbons (Fsp3) is 0.250. The molecule has 1 atom stereocenters. The molecule has 0 aliphatic heterocycles. The molecular weight excluding hydrogens is 291 g/mol. The number of nitrogens with one attached hydrogen (secondary N) is 1. The van der Waals surface area contributed by atoms with Crippen molar-refractivity contribution >= 4 is 17.3 Å². The number of aryl methyl sites for hydroxylation is 1. The first kappa shape index (κ1) is 15.6. The Bertz CT molecular complexity index is 634. The minimum absolute atomic E-state index is 0.204. The van der Waals surface area contributed by atoms with Crippen LogP contribution in [0.25, 0.3) is 0 Å². The van der Waals surface area contributed by atoms with Gasteiger partial charge in [0.1, 0.15) is 0 Å². The number of hydrogen-bond donors (Lipinski definition) is 2. The molecule has 21 heavy (non-hydrogen) atoms. The van der Waals surface area contributed by atoms with Crippen LogP contribution in [0.4, 0.5) is 10.1 Å². The van der Waals surface area contributed by atoms with Crippen LogP contribution in [-0.2, 0) is 0 Å². The summed E-state index contributed by atoms with van der Waals surface area (Å²) in [6, 6.07) is 10.3. The van der Waals surface area contributed by atoms with Gasteiger partial charge in [0, 0.05) is 17.3 Å². The topological polar surface area (TPSA) is 47.3 Å². The molecule has 2 aromatic carbocycles. The lowest BCUT2D eigenvalue weighted by Gasteiger charge is -2.19. The van der Waals surface area contributed by atoms with E-state index in [9.17, 15) is 4.39 Å². The van der Waals surface area contributed by atoms with Gasteiger partial charge in [0.25, 0.3) is 0 Å². The summed E-state index contributed by atoms with van der Waals surface area (Å²) in [4.78, 5) is 0. The molecule has 0 saturated carbocycles. The first-order valence-corrected chi connectivity index (χ1v) is 6.99. The number of nitrogens with two attached hydrogens (primary N) is 1. The molecule has 2 rings (SSSR count). The van der Waals surface area contributed by atoms with Crippen molar-refractivity contribution in [2.75, 3.05) is 19.0 Å². The van der Waals surface area contributed by atoms with E-state index < -0.39 is 5.82 Å². The van der Waals surface area contributed by atoms with Gasteiger partial charge in [0.05, 0.1) is 13.2 Å². The van der Waals surface area contributed by atoms with E-state index >= 15 is 0 Å². The molecule has 0 fully saturated rings. The van der Waals surface area contributed by atoms with Gasteiger partial charge < -0.3 is 15.8 Å². The van der Waals surface area contributed by atoms with E-state index in [2.05, 4.69) is 5.32 Å². The van der Waals surface area contributed by atoms with Crippen LogP contribution in [0.5, 0.6) is 5.75 Å². The highest BCUT2D eigenvalue weighted by atomic mass is 35.5. The van der Waals surface area contributed by atoms with Crippen molar-refractivity contribution in [2.24, 2.45) is 5.73 Å². The van der Waals surface area contributed by atoms with Crippen LogP contribution < -0.4 is 15.8 Å². The summed E-state index contributed by atoms with van der Waals surface area (Å²) < 4.78 is 18.7. The van der Waals surface area contributed by atoms with E-state index in [1.54, 1.807) is 12.1 Å². The minimum Gasteiger partial charge on any atom is -0.494 e. The number of ether oxygens (including phenoxy) is 1. The normalized spacial score (nSPS) is 12.0. The van der Waals surface area contributed by atoms with Gasteiger partial charge in [-0.25, -0.2) is 4.39 Å². The highest BCUT2D eigenvalue weighted by molar-refractivity contribution is 6.31. The molecule has 0 radical (unpaired) electrons. The Kier molecular flexibility index (Phi) is 5.04. The Labute approximate surface area is 128 Å². The van der Waals surface area contributed by atoms with E-state index in [4.69, 9.17) is 22.1 Å². The van der Waals surface area contributed by atoms with Gasteiger partial charge in [-0.05, 0) is 42.3 Å². The van der Waals surface area contributed by atoms with Crippen molar-refractivity contribution in [1.29, 1.82) is 0 Å². The fourth-order valence-electron chi connectivity index (χ4n) is 2.06. The Balaban J connectivity index is 2.23. The quantitative estimate of drug-likeness (QED) is 0.880. The van der Waals surface area contributed by atoms with Gasteiger partial charge >= 0.3 is 0 Å². The van der Waals surface area contributed by atoms with E-state index in [-0.39, 0.29) is 11.8 Å². The summed E-state index contributed by atoms with van der Waals surface area (Å²) in [6.07, 6.45) is 0. The van der Waals surface area contributed by atoms with Crippen LogP contribution in [0.2, 0.25) is 5.02 Å². The predicted molar refractivity (Wildman–Crippen MR) is 84.6 cm³/mol. The van der Waals surface area contributed by atoms with Gasteiger partial charge in [-0.3, -0.25) is 0 Å². The van der Waals surface area contributed by atoms with E-state index in [0.29, 0.717) is 11.6 Å². The third-order valence-corrected chi connectivity index (χ3v) is 3.73. The zero-order valence-electron chi connectivity index (χ0n) is 12.0. The van der Waals surface area contributed by atoms with Crippen molar-refractivity contribution in [3.8, 4) is 5.75 Å². The van der Waals surface area contributed by atoms with Crippen LogP contribution in [0.15, 0.2) is 36.4 Å². The maximum atomic E-state index is 13.8. The molecule has 0 heterocycles. The molecule has 5 heteroatoms. The van der Waals surface area contributed by atoms with Crippen molar-refractivity contribution < 1.29 is 9.13 Å². The molecular formula is C16H18ClFN2O. The first-order chi connectivity index (χ1) is 10.0. The lowest BCUT2D eigenvalue weighted by molar-refractivity contribution is 0.386. The van der Waals surface area contributed by atoms with Crippen molar-refractivity contribution in [3.63, 3.8) is 0 Å². The number of benzene rings is 2. The summed E-state index contributed by atoms with van der Waals surface area (Å²) >= 11 is 6.10. The zero-order chi connectivity index (χ0) is 15.4. The van der Waals surface area contributed by atoms with Crippen LogP contribution in [-0.4, -0.2) is 13.7 Å². The number of anilines is 1. The van der Waals surface area contributed by atoms with Crippen LogP contribution in [0.3, 0.4) is 0 Å². The molecule has 1 unspecified atom stereocenters. The van der Waals surface area contributed by atoms with E-state index in [1.165, 1.54) is 13.2 Å². The van der Waals surface area contributed by atoms with Gasteiger partial charge in [-0.15, -0.1) is 0 Å². The Morgan fingerprint density at radius 1 is 1.29 bits per heavy atom. The van der Waals surface area contributed by atoms with Crippen molar-refractivity contribution in [1.82, 2.24) is 0 Å². The van der Waals surface area contributed by atoms with E-state index in [0.717, 1.165) is 16.8 Å². The smallest absolute Gasteiger partial charge is 0.165 e. The van der Waals surface area contributed by atoms with Gasteiger partial charge in [-0.1, -0.05) is 23.7 Å². The molecule has 0 saturated heterocycles. The van der Waals surface area contributed by atoms with Crippen LogP contribution in [0, 0.1) is 12.7 Å². The molecule has 0 spiro atoms. The minimum atomic E-state index is -0.405. The number of rotatable bonds is 5. The van der Waals surface area contributed by atoms with Gasteiger partial charge in [0.15, 0.2) is 11.6 Å². The largest absolute Gasteiger partial charge is 0.494 e. The highest BCUT2D eigenvalue weighted by Gasteiger charge is 2.13. The zero-order valence-corrected chi connectivity index (χ0v) is 12.7. The summed E-state index contributed by atoms with van der Waals surface area (Å²) in [5.74, 6) is -0.190. The molecule has 0 aliphatic carbocycles. The molecule has 0 amide bonds. The van der Waals surface area contributed by atoms with Gasteiger partial charge in [-0.2, -0.15) is 0 Å². The van der Waals surface area contributed by atoms with Crippen LogP contribution >= 0.6 is 11.6 Å². The molecule has 3 nitrogen and oxygen atoms in total. The molecule has 112 valence electrons. The average Bonchev–Trinajstić information content (AvgIpc) is 2.48. The average molecular weight is 309 g/mol. The highest BCUT2D eigenvalue weighted by Crippen LogP contribution is 2.26. The van der Waals surface area contributed by atoms with Crippen LogP contribution in [0.1, 0.15) is 17.2 Å². The molecule has 2 aromatic rings. The molecule has 0 bridgehead atoms. The maximum Gasteiger partial charge on any atom is 0.165 e. The SMILES string of the molecule is COc1ccc(C(CN)Nc2ccc(C)c(Cl)c2)cc1F. The summed E-state index contributed by atoms with van der Waals surface area (Å²) in [5, 5.41) is 3.94. The fourth-order valence-corrected chi connectivity index (χ4v) is 2.24. The second-order valence-electron chi connectivity index (χ2n) is 4.79. The number of hydrogen-bond acceptors (Lipinski definition) is 3. The monoisotopic (exact) mass is 308 g/mol. The second-order valence-corrected chi connectivity index (χ2v) is 5.20. The van der Waals surface area contributed by atoms with E-state index in [1.807, 2.05) is 25.1 Å². The standard InChI is InChI=1S/C16H18ClFN2O/c1-10-3-5-12(8-13(10)17)20-15(9-19)11-4-6-16(21-2)14(18)7-11/h3-8,15,20H,9,19H2,1-2H3. The number of halogens is 2. The molecule has 3 N–H and O–H groups in total. The first-order valence-electron chi connectivity index (χ1n) is 6.61. The number of methoxy groups -OCH3 is 1. The second kappa shape index (κ2) is 6.78. The predicted octanol–water partition coefficient (Wildman–Crippen LogP) is 3.91.